The number of carbonyl (C=O) groups excluding carboxylic acids is 1. The van der Waals surface area contributed by atoms with Crippen molar-refractivity contribution in [3.8, 4) is 0 Å². The van der Waals surface area contributed by atoms with Crippen LogP contribution in [0.4, 0.5) is 5.69 Å². The zero-order valence-electron chi connectivity index (χ0n) is 19.0. The van der Waals surface area contributed by atoms with Crippen molar-refractivity contribution in [1.29, 1.82) is 0 Å². The van der Waals surface area contributed by atoms with Crippen molar-refractivity contribution in [2.45, 2.75) is 26.7 Å². The number of benzene rings is 3. The molecule has 0 aliphatic heterocycles. The van der Waals surface area contributed by atoms with Crippen molar-refractivity contribution in [1.82, 2.24) is 9.97 Å². The Morgan fingerprint density at radius 3 is 2.03 bits per heavy atom. The first kappa shape index (κ1) is 22.2. The minimum atomic E-state index is -0.0737. The number of aryl methyl sites for hydroxylation is 2. The second kappa shape index (κ2) is 10.0. The molecule has 0 unspecified atom stereocenters. The summed E-state index contributed by atoms with van der Waals surface area (Å²) in [5.41, 5.74) is 12.1. The van der Waals surface area contributed by atoms with Crippen LogP contribution in [0.5, 0.6) is 0 Å². The number of pyridine rings is 2. The molecule has 2 aromatic heterocycles. The monoisotopic (exact) mass is 433 g/mol. The molecule has 164 valence electrons. The summed E-state index contributed by atoms with van der Waals surface area (Å²) < 4.78 is 0. The fourth-order valence-corrected chi connectivity index (χ4v) is 3.87. The van der Waals surface area contributed by atoms with Crippen LogP contribution in [-0.2, 0) is 12.8 Å². The van der Waals surface area contributed by atoms with Crippen LogP contribution < -0.4 is 5.73 Å². The number of hydrogen-bond acceptors (Lipinski definition) is 4. The van der Waals surface area contributed by atoms with E-state index in [0.717, 1.165) is 40.3 Å². The lowest BCUT2D eigenvalue weighted by Crippen LogP contribution is -2.04. The van der Waals surface area contributed by atoms with Crippen LogP contribution in [0.25, 0.3) is 21.8 Å². The van der Waals surface area contributed by atoms with Gasteiger partial charge in [-0.3, -0.25) is 9.78 Å². The van der Waals surface area contributed by atoms with Crippen LogP contribution in [0, 0.1) is 0 Å². The lowest BCUT2D eigenvalue weighted by atomic mass is 10.0. The Labute approximate surface area is 194 Å². The maximum Gasteiger partial charge on any atom is 0.211 e. The van der Waals surface area contributed by atoms with Crippen molar-refractivity contribution >= 4 is 33.3 Å². The Morgan fingerprint density at radius 1 is 0.727 bits per heavy atom. The summed E-state index contributed by atoms with van der Waals surface area (Å²) in [5, 5.41) is 2.00. The number of fused-ring (bicyclic) bond motifs is 3. The SMILES string of the molecule is CCc1cccc(CC)c1N.O=C(c1ccccc1)c1ccc2ccc3cccnc3c2n1. The van der Waals surface area contributed by atoms with E-state index >= 15 is 0 Å². The van der Waals surface area contributed by atoms with E-state index < -0.39 is 0 Å². The Kier molecular flexibility index (Phi) is 6.75. The van der Waals surface area contributed by atoms with Crippen LogP contribution in [-0.4, -0.2) is 15.8 Å². The van der Waals surface area contributed by atoms with Gasteiger partial charge in [-0.1, -0.05) is 86.6 Å². The average molecular weight is 434 g/mol. The fraction of sp³-hybridized carbons (Fsp3) is 0.138. The minimum Gasteiger partial charge on any atom is -0.398 e. The predicted octanol–water partition coefficient (Wildman–Crippen LogP) is 6.41. The molecule has 4 heteroatoms. The maximum absolute atomic E-state index is 12.5. The van der Waals surface area contributed by atoms with Crippen molar-refractivity contribution in [3.05, 3.63) is 114 Å². The molecule has 3 aromatic carbocycles. The van der Waals surface area contributed by atoms with Crippen molar-refractivity contribution < 1.29 is 4.79 Å². The number of hydrogen-bond donors (Lipinski definition) is 1. The summed E-state index contributed by atoms with van der Waals surface area (Å²) in [6, 6.07) is 27.1. The largest absolute Gasteiger partial charge is 0.398 e. The number of ketones is 1. The number of nitrogens with zero attached hydrogens (tertiary/aromatic N) is 2. The molecule has 0 saturated heterocycles. The molecule has 0 aliphatic rings. The molecule has 33 heavy (non-hydrogen) atoms. The molecular formula is C29H27N3O. The number of rotatable bonds is 4. The number of nitrogens with two attached hydrogens (primary N) is 1. The Hall–Kier alpha value is -4.05. The molecule has 5 aromatic rings. The van der Waals surface area contributed by atoms with Crippen molar-refractivity contribution in [2.24, 2.45) is 0 Å². The van der Waals surface area contributed by atoms with Crippen LogP contribution in [0.1, 0.15) is 41.0 Å². The van der Waals surface area contributed by atoms with Gasteiger partial charge in [0.05, 0.1) is 11.0 Å². The molecule has 4 nitrogen and oxygen atoms in total. The van der Waals surface area contributed by atoms with Gasteiger partial charge in [-0.25, -0.2) is 4.98 Å². The number of carbonyl (C=O) groups is 1. The molecule has 0 fully saturated rings. The molecule has 5 rings (SSSR count). The maximum atomic E-state index is 12.5. The Balaban J connectivity index is 0.000000200. The van der Waals surface area contributed by atoms with Gasteiger partial charge in [0.2, 0.25) is 5.78 Å². The first-order chi connectivity index (χ1) is 16.1. The van der Waals surface area contributed by atoms with Crippen LogP contribution >= 0.6 is 0 Å². The van der Waals surface area contributed by atoms with Crippen molar-refractivity contribution in [3.63, 3.8) is 0 Å². The predicted molar refractivity (Wildman–Crippen MR) is 137 cm³/mol. The minimum absolute atomic E-state index is 0.0737. The third-order valence-corrected chi connectivity index (χ3v) is 5.75. The molecule has 2 heterocycles. The van der Waals surface area contributed by atoms with Gasteiger partial charge < -0.3 is 5.73 Å². The molecule has 0 bridgehead atoms. The number of para-hydroxylation sites is 1. The highest BCUT2D eigenvalue weighted by atomic mass is 16.1. The number of anilines is 1. The molecule has 0 aliphatic carbocycles. The molecule has 2 N–H and O–H groups in total. The van der Waals surface area contributed by atoms with E-state index in [-0.39, 0.29) is 5.78 Å². The lowest BCUT2D eigenvalue weighted by Gasteiger charge is -2.06. The summed E-state index contributed by atoms with van der Waals surface area (Å²) in [6.45, 7) is 4.26. The van der Waals surface area contributed by atoms with E-state index in [4.69, 9.17) is 5.73 Å². The topological polar surface area (TPSA) is 68.9 Å². The highest BCUT2D eigenvalue weighted by molar-refractivity contribution is 6.10. The van der Waals surface area contributed by atoms with Gasteiger partial charge in [-0.05, 0) is 36.1 Å². The van der Waals surface area contributed by atoms with Gasteiger partial charge in [0.15, 0.2) is 0 Å². The zero-order valence-corrected chi connectivity index (χ0v) is 19.0. The molecule has 0 radical (unpaired) electrons. The molecule has 0 amide bonds. The Morgan fingerprint density at radius 2 is 1.36 bits per heavy atom. The molecular weight excluding hydrogens is 406 g/mol. The van der Waals surface area contributed by atoms with E-state index in [2.05, 4.69) is 42.0 Å². The smallest absolute Gasteiger partial charge is 0.211 e. The summed E-state index contributed by atoms with van der Waals surface area (Å²) in [5.74, 6) is -0.0737. The fourth-order valence-electron chi connectivity index (χ4n) is 3.87. The number of nitrogen functional groups attached to an aromatic ring is 1. The summed E-state index contributed by atoms with van der Waals surface area (Å²) in [6.07, 6.45) is 3.80. The van der Waals surface area contributed by atoms with Gasteiger partial charge in [0.25, 0.3) is 0 Å². The van der Waals surface area contributed by atoms with Gasteiger partial charge in [0, 0.05) is 28.2 Å². The quantitative estimate of drug-likeness (QED) is 0.202. The van der Waals surface area contributed by atoms with Crippen LogP contribution in [0.3, 0.4) is 0 Å². The first-order valence-corrected chi connectivity index (χ1v) is 11.2. The molecule has 0 saturated carbocycles. The van der Waals surface area contributed by atoms with E-state index in [1.807, 2.05) is 48.5 Å². The van der Waals surface area contributed by atoms with E-state index in [1.54, 1.807) is 24.4 Å². The summed E-state index contributed by atoms with van der Waals surface area (Å²) in [4.78, 5) is 21.5. The second-order valence-corrected chi connectivity index (χ2v) is 7.80. The van der Waals surface area contributed by atoms with Crippen molar-refractivity contribution in [2.75, 3.05) is 5.73 Å². The lowest BCUT2D eigenvalue weighted by molar-refractivity contribution is 0.103. The van der Waals surface area contributed by atoms with E-state index in [0.29, 0.717) is 11.3 Å². The Bertz CT molecular complexity index is 1390. The van der Waals surface area contributed by atoms with Gasteiger partial charge in [-0.2, -0.15) is 0 Å². The first-order valence-electron chi connectivity index (χ1n) is 11.2. The van der Waals surface area contributed by atoms with E-state index in [1.165, 1.54) is 11.1 Å². The highest BCUT2D eigenvalue weighted by Crippen LogP contribution is 2.23. The normalized spacial score (nSPS) is 10.6. The third kappa shape index (κ3) is 4.75. The number of aromatic nitrogens is 2. The second-order valence-electron chi connectivity index (χ2n) is 7.80. The van der Waals surface area contributed by atoms with Gasteiger partial charge >= 0.3 is 0 Å². The van der Waals surface area contributed by atoms with Gasteiger partial charge in [-0.15, -0.1) is 0 Å². The standard InChI is InChI=1S/C19H12N2O.C10H15N/c22-19(15-5-2-1-3-6-15)16-11-10-14-9-8-13-7-4-12-20-17(13)18(14)21-16;1-3-8-6-5-7-9(4-2)10(8)11/h1-12H;5-7H,3-4,11H2,1-2H3. The molecule has 0 spiro atoms. The molecule has 0 atom stereocenters. The summed E-state index contributed by atoms with van der Waals surface area (Å²) in [7, 11) is 0. The highest BCUT2D eigenvalue weighted by Gasteiger charge is 2.12. The van der Waals surface area contributed by atoms with Crippen LogP contribution in [0.15, 0.2) is 91.1 Å². The van der Waals surface area contributed by atoms with E-state index in [9.17, 15) is 4.79 Å². The van der Waals surface area contributed by atoms with Gasteiger partial charge in [0.1, 0.15) is 5.69 Å². The third-order valence-electron chi connectivity index (χ3n) is 5.75. The summed E-state index contributed by atoms with van der Waals surface area (Å²) >= 11 is 0. The zero-order chi connectivity index (χ0) is 23.2. The van der Waals surface area contributed by atoms with Crippen LogP contribution in [0.2, 0.25) is 0 Å². The average Bonchev–Trinajstić information content (AvgIpc) is 2.89.